The van der Waals surface area contributed by atoms with Crippen molar-refractivity contribution in [1.82, 2.24) is 19.4 Å². The molecule has 1 saturated heterocycles. The van der Waals surface area contributed by atoms with Gasteiger partial charge in [-0.2, -0.15) is 0 Å². The minimum Gasteiger partial charge on any atom is -0.298 e. The molecule has 2 aromatic heterocycles. The molecule has 0 amide bonds. The number of aromatic nitrogens is 3. The molecule has 0 spiro atoms. The summed E-state index contributed by atoms with van der Waals surface area (Å²) in [6, 6.07) is 11.8. The first-order chi connectivity index (χ1) is 11.7. The summed E-state index contributed by atoms with van der Waals surface area (Å²) in [7, 11) is 1.83. The predicted octanol–water partition coefficient (Wildman–Crippen LogP) is 2.67. The molecule has 1 aliphatic heterocycles. The van der Waals surface area contributed by atoms with Crippen LogP contribution in [0, 0.1) is 0 Å². The van der Waals surface area contributed by atoms with Crippen LogP contribution in [-0.2, 0) is 13.6 Å². The fourth-order valence-electron chi connectivity index (χ4n) is 3.57. The van der Waals surface area contributed by atoms with Crippen LogP contribution in [0.2, 0.25) is 0 Å². The Morgan fingerprint density at radius 2 is 2.08 bits per heavy atom. The quantitative estimate of drug-likeness (QED) is 0.744. The molecule has 1 aromatic carbocycles. The molecule has 0 bridgehead atoms. The summed E-state index contributed by atoms with van der Waals surface area (Å²) in [6.07, 6.45) is 5.84. The smallest absolute Gasteiger partial charge is 0.261 e. The third kappa shape index (κ3) is 2.61. The monoisotopic (exact) mass is 320 g/mol. The normalized spacial score (nSPS) is 18.3. The zero-order valence-corrected chi connectivity index (χ0v) is 13.7. The number of likely N-dealkylation sites (tertiary alicyclic amines) is 1. The van der Waals surface area contributed by atoms with Crippen LogP contribution in [0.25, 0.3) is 10.9 Å². The first-order valence-corrected chi connectivity index (χ1v) is 8.32. The van der Waals surface area contributed by atoms with Crippen molar-refractivity contribution < 1.29 is 0 Å². The molecule has 1 aliphatic rings. The Labute approximate surface area is 140 Å². The molecular formula is C19H20N4O. The molecule has 0 N–H and O–H groups in total. The van der Waals surface area contributed by atoms with Gasteiger partial charge in [0.1, 0.15) is 5.82 Å². The van der Waals surface area contributed by atoms with Gasteiger partial charge in [0.2, 0.25) is 0 Å². The van der Waals surface area contributed by atoms with Crippen LogP contribution in [0.15, 0.2) is 53.6 Å². The minimum atomic E-state index is 0.0313. The van der Waals surface area contributed by atoms with E-state index in [2.05, 4.69) is 16.0 Å². The number of fused-ring (bicyclic) bond motifs is 1. The Morgan fingerprint density at radius 1 is 1.21 bits per heavy atom. The molecule has 3 aromatic rings. The van der Waals surface area contributed by atoms with Crippen LogP contribution in [0.3, 0.4) is 0 Å². The van der Waals surface area contributed by atoms with Crippen molar-refractivity contribution in [2.45, 2.75) is 25.4 Å². The van der Waals surface area contributed by atoms with E-state index in [1.807, 2.05) is 43.6 Å². The Balaban J connectivity index is 1.73. The number of para-hydroxylation sites is 1. The molecule has 5 heteroatoms. The fourth-order valence-corrected chi connectivity index (χ4v) is 3.57. The molecule has 4 rings (SSSR count). The Kier molecular flexibility index (Phi) is 3.86. The largest absolute Gasteiger partial charge is 0.298 e. The first-order valence-electron chi connectivity index (χ1n) is 8.32. The first kappa shape index (κ1) is 15.0. The molecule has 122 valence electrons. The van der Waals surface area contributed by atoms with Gasteiger partial charge in [-0.1, -0.05) is 18.2 Å². The number of pyridine rings is 1. The van der Waals surface area contributed by atoms with Gasteiger partial charge < -0.3 is 0 Å². The van der Waals surface area contributed by atoms with Crippen LogP contribution in [0.4, 0.5) is 0 Å². The van der Waals surface area contributed by atoms with Crippen LogP contribution >= 0.6 is 0 Å². The molecule has 24 heavy (non-hydrogen) atoms. The predicted molar refractivity (Wildman–Crippen MR) is 93.6 cm³/mol. The summed E-state index contributed by atoms with van der Waals surface area (Å²) in [5.74, 6) is 0.861. The lowest BCUT2D eigenvalue weighted by Gasteiger charge is -2.25. The van der Waals surface area contributed by atoms with E-state index in [1.54, 1.807) is 10.8 Å². The molecule has 0 radical (unpaired) electrons. The van der Waals surface area contributed by atoms with Gasteiger partial charge in [0, 0.05) is 26.0 Å². The van der Waals surface area contributed by atoms with Crippen molar-refractivity contribution in [3.63, 3.8) is 0 Å². The van der Waals surface area contributed by atoms with Gasteiger partial charge in [0.25, 0.3) is 5.56 Å². The van der Waals surface area contributed by atoms with E-state index in [9.17, 15) is 4.79 Å². The highest BCUT2D eigenvalue weighted by Gasteiger charge is 2.29. The maximum atomic E-state index is 12.7. The SMILES string of the molecule is Cn1c(C2CCCN2Cc2cccnc2)nc2ccccc2c1=O. The summed E-state index contributed by atoms with van der Waals surface area (Å²) in [6.45, 7) is 1.85. The Morgan fingerprint density at radius 3 is 2.92 bits per heavy atom. The lowest BCUT2D eigenvalue weighted by molar-refractivity contribution is 0.235. The summed E-state index contributed by atoms with van der Waals surface area (Å²) in [5, 5.41) is 0.681. The van der Waals surface area contributed by atoms with E-state index < -0.39 is 0 Å². The van der Waals surface area contributed by atoms with Gasteiger partial charge in [0.15, 0.2) is 0 Å². The molecule has 1 unspecified atom stereocenters. The molecule has 5 nitrogen and oxygen atoms in total. The summed E-state index contributed by atoms with van der Waals surface area (Å²) in [4.78, 5) is 24.1. The zero-order valence-electron chi connectivity index (χ0n) is 13.7. The number of benzene rings is 1. The maximum absolute atomic E-state index is 12.7. The second kappa shape index (κ2) is 6.17. The average molecular weight is 320 g/mol. The molecule has 1 fully saturated rings. The highest BCUT2D eigenvalue weighted by Crippen LogP contribution is 2.31. The van der Waals surface area contributed by atoms with Gasteiger partial charge >= 0.3 is 0 Å². The molecule has 0 saturated carbocycles. The van der Waals surface area contributed by atoms with Crippen molar-refractivity contribution in [3.8, 4) is 0 Å². The maximum Gasteiger partial charge on any atom is 0.261 e. The van der Waals surface area contributed by atoms with Crippen molar-refractivity contribution >= 4 is 10.9 Å². The molecule has 1 atom stereocenters. The second-order valence-electron chi connectivity index (χ2n) is 6.34. The third-order valence-electron chi connectivity index (χ3n) is 4.79. The third-order valence-corrected chi connectivity index (χ3v) is 4.79. The molecule has 0 aliphatic carbocycles. The average Bonchev–Trinajstić information content (AvgIpc) is 3.07. The number of hydrogen-bond acceptors (Lipinski definition) is 4. The number of rotatable bonds is 3. The van der Waals surface area contributed by atoms with E-state index in [1.165, 1.54) is 5.56 Å². The fraction of sp³-hybridized carbons (Fsp3) is 0.316. The van der Waals surface area contributed by atoms with Crippen LogP contribution in [0.1, 0.15) is 30.3 Å². The summed E-state index contributed by atoms with van der Waals surface area (Å²) < 4.78 is 1.72. The van der Waals surface area contributed by atoms with Crippen molar-refractivity contribution in [2.75, 3.05) is 6.54 Å². The van der Waals surface area contributed by atoms with Crippen molar-refractivity contribution in [1.29, 1.82) is 0 Å². The van der Waals surface area contributed by atoms with Gasteiger partial charge in [-0.05, 0) is 43.1 Å². The van der Waals surface area contributed by atoms with Gasteiger partial charge in [-0.3, -0.25) is 19.2 Å². The highest BCUT2D eigenvalue weighted by molar-refractivity contribution is 5.77. The lowest BCUT2D eigenvalue weighted by atomic mass is 10.1. The van der Waals surface area contributed by atoms with Crippen molar-refractivity contribution in [2.24, 2.45) is 7.05 Å². The van der Waals surface area contributed by atoms with Crippen LogP contribution in [0.5, 0.6) is 0 Å². The van der Waals surface area contributed by atoms with E-state index in [0.29, 0.717) is 5.39 Å². The summed E-state index contributed by atoms with van der Waals surface area (Å²) >= 11 is 0. The van der Waals surface area contributed by atoms with Crippen LogP contribution in [-0.4, -0.2) is 26.0 Å². The van der Waals surface area contributed by atoms with E-state index in [-0.39, 0.29) is 11.6 Å². The van der Waals surface area contributed by atoms with Gasteiger partial charge in [-0.25, -0.2) is 4.98 Å². The minimum absolute atomic E-state index is 0.0313. The number of hydrogen-bond donors (Lipinski definition) is 0. The molecule has 3 heterocycles. The van der Waals surface area contributed by atoms with Gasteiger partial charge in [0.05, 0.1) is 16.9 Å². The standard InChI is InChI=1S/C19H20N4O/c1-22-18(21-16-8-3-2-7-15(16)19(22)24)17-9-5-11-23(17)13-14-6-4-10-20-12-14/h2-4,6-8,10,12,17H,5,9,11,13H2,1H3. The van der Waals surface area contributed by atoms with E-state index >= 15 is 0 Å². The lowest BCUT2D eigenvalue weighted by Crippen LogP contribution is -2.30. The van der Waals surface area contributed by atoms with E-state index in [0.717, 1.165) is 37.3 Å². The Hall–Kier alpha value is -2.53. The topological polar surface area (TPSA) is 51.0 Å². The van der Waals surface area contributed by atoms with E-state index in [4.69, 9.17) is 4.98 Å². The molecular weight excluding hydrogens is 300 g/mol. The van der Waals surface area contributed by atoms with Crippen LogP contribution < -0.4 is 5.56 Å². The zero-order chi connectivity index (χ0) is 16.5. The van der Waals surface area contributed by atoms with Crippen molar-refractivity contribution in [3.05, 3.63) is 70.5 Å². The van der Waals surface area contributed by atoms with Gasteiger partial charge in [-0.15, -0.1) is 0 Å². The summed E-state index contributed by atoms with van der Waals surface area (Å²) in [5.41, 5.74) is 2.00. The second-order valence-corrected chi connectivity index (χ2v) is 6.34. The number of nitrogens with zero attached hydrogens (tertiary/aromatic N) is 4. The highest BCUT2D eigenvalue weighted by atomic mass is 16.1. The Bertz CT molecular complexity index is 920.